The van der Waals surface area contributed by atoms with Crippen LogP contribution in [0.15, 0.2) is 46.5 Å². The molecule has 1 saturated heterocycles. The molecule has 4 heterocycles. The van der Waals surface area contributed by atoms with Crippen LogP contribution in [0.4, 0.5) is 5.82 Å². The smallest absolute Gasteiger partial charge is 0.247 e. The molecule has 7 heteroatoms. The van der Waals surface area contributed by atoms with E-state index in [2.05, 4.69) is 55.6 Å². The Hall–Kier alpha value is -2.80. The molecule has 1 aliphatic heterocycles. The van der Waals surface area contributed by atoms with Crippen LogP contribution in [-0.2, 0) is 0 Å². The molecule has 27 heavy (non-hydrogen) atoms. The Morgan fingerprint density at radius 1 is 1.11 bits per heavy atom. The molecule has 6 nitrogen and oxygen atoms in total. The van der Waals surface area contributed by atoms with Crippen molar-refractivity contribution < 1.29 is 4.42 Å². The van der Waals surface area contributed by atoms with Crippen LogP contribution in [0, 0.1) is 6.92 Å². The molecule has 4 aromatic rings. The molecule has 1 atom stereocenters. The Bertz CT molecular complexity index is 1070. The normalized spacial score (nSPS) is 17.5. The first-order valence-electron chi connectivity index (χ1n) is 9.11. The summed E-state index contributed by atoms with van der Waals surface area (Å²) >= 11 is 1.65. The van der Waals surface area contributed by atoms with Crippen molar-refractivity contribution in [2.24, 2.45) is 0 Å². The third-order valence-corrected chi connectivity index (χ3v) is 5.87. The Balaban J connectivity index is 1.40. The number of anilines is 1. The number of piperidine rings is 1. The Kier molecular flexibility index (Phi) is 4.09. The number of fused-ring (bicyclic) bond motifs is 1. The van der Waals surface area contributed by atoms with E-state index in [0.29, 0.717) is 11.8 Å². The quantitative estimate of drug-likeness (QED) is 0.526. The van der Waals surface area contributed by atoms with Gasteiger partial charge in [-0.25, -0.2) is 9.97 Å². The van der Waals surface area contributed by atoms with Crippen molar-refractivity contribution in [1.29, 1.82) is 0 Å². The second-order valence-corrected chi connectivity index (χ2v) is 7.83. The summed E-state index contributed by atoms with van der Waals surface area (Å²) in [5.74, 6) is 2.52. The third kappa shape index (κ3) is 3.08. The maximum Gasteiger partial charge on any atom is 0.247 e. The lowest BCUT2D eigenvalue weighted by atomic mass is 9.98. The highest BCUT2D eigenvalue weighted by Gasteiger charge is 2.27. The van der Waals surface area contributed by atoms with Gasteiger partial charge in [0.15, 0.2) is 0 Å². The molecular formula is C20H19N5OS. The van der Waals surface area contributed by atoms with Crippen LogP contribution in [0.25, 0.3) is 21.7 Å². The van der Waals surface area contributed by atoms with Crippen LogP contribution in [0.3, 0.4) is 0 Å². The van der Waals surface area contributed by atoms with Crippen molar-refractivity contribution in [2.45, 2.75) is 25.7 Å². The summed E-state index contributed by atoms with van der Waals surface area (Å²) in [5, 5.41) is 11.8. The van der Waals surface area contributed by atoms with Crippen molar-refractivity contribution in [1.82, 2.24) is 20.2 Å². The predicted molar refractivity (Wildman–Crippen MR) is 106 cm³/mol. The van der Waals surface area contributed by atoms with E-state index >= 15 is 0 Å². The van der Waals surface area contributed by atoms with Gasteiger partial charge in [-0.1, -0.05) is 17.7 Å². The fraction of sp³-hybridized carbons (Fsp3) is 0.300. The summed E-state index contributed by atoms with van der Waals surface area (Å²) in [6.07, 6.45) is 3.77. The Labute approximate surface area is 160 Å². The summed E-state index contributed by atoms with van der Waals surface area (Å²) in [6, 6.07) is 10.3. The Morgan fingerprint density at radius 2 is 2.00 bits per heavy atom. The fourth-order valence-corrected chi connectivity index (χ4v) is 4.34. The lowest BCUT2D eigenvalue weighted by molar-refractivity contribution is 0.403. The highest BCUT2D eigenvalue weighted by molar-refractivity contribution is 7.16. The van der Waals surface area contributed by atoms with Crippen LogP contribution >= 0.6 is 11.3 Å². The zero-order valence-electron chi connectivity index (χ0n) is 15.0. The maximum atomic E-state index is 6.03. The lowest BCUT2D eigenvalue weighted by Crippen LogP contribution is -2.35. The first-order valence-corrected chi connectivity index (χ1v) is 9.99. The minimum Gasteiger partial charge on any atom is -0.420 e. The summed E-state index contributed by atoms with van der Waals surface area (Å²) < 4.78 is 6.03. The molecule has 1 aromatic carbocycles. The van der Waals surface area contributed by atoms with E-state index in [1.54, 1.807) is 17.7 Å². The van der Waals surface area contributed by atoms with E-state index in [1.807, 2.05) is 12.1 Å². The molecule has 136 valence electrons. The minimum absolute atomic E-state index is 0.217. The first-order chi connectivity index (χ1) is 13.3. The lowest BCUT2D eigenvalue weighted by Gasteiger charge is -2.32. The largest absolute Gasteiger partial charge is 0.420 e. The number of rotatable bonds is 3. The molecule has 0 N–H and O–H groups in total. The standard InChI is InChI=1S/C20H19N5OS/c1-13-4-6-14(7-5-13)18-23-24-19(26-18)15-3-2-9-25(11-15)17-16-8-10-27-20(16)22-12-21-17/h4-8,10,12,15H,2-3,9,11H2,1H3. The monoisotopic (exact) mass is 377 g/mol. The number of aromatic nitrogens is 4. The summed E-state index contributed by atoms with van der Waals surface area (Å²) in [5.41, 5.74) is 2.17. The van der Waals surface area contributed by atoms with Crippen LogP contribution < -0.4 is 4.90 Å². The van der Waals surface area contributed by atoms with Gasteiger partial charge in [0.05, 0.1) is 11.3 Å². The number of benzene rings is 1. The molecular weight excluding hydrogens is 358 g/mol. The number of aryl methyl sites for hydroxylation is 1. The van der Waals surface area contributed by atoms with Gasteiger partial charge in [-0.15, -0.1) is 21.5 Å². The molecule has 5 rings (SSSR count). The van der Waals surface area contributed by atoms with Gasteiger partial charge in [0.2, 0.25) is 11.8 Å². The molecule has 0 aliphatic carbocycles. The van der Waals surface area contributed by atoms with Crippen LogP contribution in [0.2, 0.25) is 0 Å². The highest BCUT2D eigenvalue weighted by atomic mass is 32.1. The summed E-state index contributed by atoms with van der Waals surface area (Å²) in [7, 11) is 0. The van der Waals surface area contributed by atoms with Gasteiger partial charge in [0, 0.05) is 18.7 Å². The van der Waals surface area contributed by atoms with Crippen molar-refractivity contribution in [2.75, 3.05) is 18.0 Å². The Morgan fingerprint density at radius 3 is 2.89 bits per heavy atom. The van der Waals surface area contributed by atoms with Crippen LogP contribution in [-0.4, -0.2) is 33.3 Å². The van der Waals surface area contributed by atoms with E-state index in [9.17, 15) is 0 Å². The van der Waals surface area contributed by atoms with Crippen molar-refractivity contribution in [3.63, 3.8) is 0 Å². The summed E-state index contributed by atoms with van der Waals surface area (Å²) in [6.45, 7) is 3.88. The molecule has 0 spiro atoms. The number of thiophene rings is 1. The molecule has 1 fully saturated rings. The van der Waals surface area contributed by atoms with Gasteiger partial charge in [-0.3, -0.25) is 0 Å². The number of nitrogens with zero attached hydrogens (tertiary/aromatic N) is 5. The SMILES string of the molecule is Cc1ccc(-c2nnc(C3CCCN(c4ncnc5sccc45)C3)o2)cc1. The third-order valence-electron chi connectivity index (χ3n) is 5.05. The number of hydrogen-bond acceptors (Lipinski definition) is 7. The van der Waals surface area contributed by atoms with Gasteiger partial charge in [-0.05, 0) is 43.3 Å². The molecule has 0 amide bonds. The molecule has 3 aromatic heterocycles. The average molecular weight is 377 g/mol. The molecule has 0 radical (unpaired) electrons. The minimum atomic E-state index is 0.217. The van der Waals surface area contributed by atoms with Gasteiger partial charge in [-0.2, -0.15) is 0 Å². The second kappa shape index (κ2) is 6.74. The van der Waals surface area contributed by atoms with Crippen molar-refractivity contribution in [3.05, 3.63) is 53.5 Å². The van der Waals surface area contributed by atoms with Crippen molar-refractivity contribution in [3.8, 4) is 11.5 Å². The molecule has 1 aliphatic rings. The molecule has 1 unspecified atom stereocenters. The van der Waals surface area contributed by atoms with Crippen molar-refractivity contribution >= 4 is 27.4 Å². The molecule has 0 bridgehead atoms. The van der Waals surface area contributed by atoms with Gasteiger partial charge in [0.25, 0.3) is 0 Å². The zero-order chi connectivity index (χ0) is 18.2. The van der Waals surface area contributed by atoms with Gasteiger partial charge < -0.3 is 9.32 Å². The number of hydrogen-bond donors (Lipinski definition) is 0. The second-order valence-electron chi connectivity index (χ2n) is 6.93. The van der Waals surface area contributed by atoms with Crippen LogP contribution in [0.5, 0.6) is 0 Å². The fourth-order valence-electron chi connectivity index (χ4n) is 3.61. The van der Waals surface area contributed by atoms with Gasteiger partial charge >= 0.3 is 0 Å². The van der Waals surface area contributed by atoms with E-state index in [1.165, 1.54) is 5.56 Å². The van der Waals surface area contributed by atoms with E-state index in [4.69, 9.17) is 4.42 Å². The predicted octanol–water partition coefficient (Wildman–Crippen LogP) is 4.43. The first kappa shape index (κ1) is 16.4. The van der Waals surface area contributed by atoms with E-state index in [0.717, 1.165) is 47.5 Å². The zero-order valence-corrected chi connectivity index (χ0v) is 15.8. The summed E-state index contributed by atoms with van der Waals surface area (Å²) in [4.78, 5) is 12.3. The topological polar surface area (TPSA) is 67.9 Å². The molecule has 0 saturated carbocycles. The average Bonchev–Trinajstić information content (AvgIpc) is 3.38. The maximum absolute atomic E-state index is 6.03. The van der Waals surface area contributed by atoms with E-state index < -0.39 is 0 Å². The van der Waals surface area contributed by atoms with Crippen LogP contribution in [0.1, 0.15) is 30.2 Å². The van der Waals surface area contributed by atoms with E-state index in [-0.39, 0.29) is 5.92 Å². The van der Waals surface area contributed by atoms with Gasteiger partial charge in [0.1, 0.15) is 17.0 Å². The highest BCUT2D eigenvalue weighted by Crippen LogP contribution is 2.33.